The molecule has 0 N–H and O–H groups in total. The third kappa shape index (κ3) is 2.74. The average Bonchev–Trinajstić information content (AvgIpc) is 3.42. The zero-order chi connectivity index (χ0) is 24.6. The van der Waals surface area contributed by atoms with Crippen molar-refractivity contribution in [1.82, 2.24) is 2.78 Å². The minimum atomic E-state index is -0.412. The normalized spacial score (nSPS) is 13.8. The van der Waals surface area contributed by atoms with Crippen molar-refractivity contribution in [1.29, 1.82) is 0 Å². The van der Waals surface area contributed by atoms with E-state index in [4.69, 9.17) is 0 Å². The van der Waals surface area contributed by atoms with Crippen LogP contribution in [-0.4, -0.2) is 2.78 Å². The van der Waals surface area contributed by atoms with Crippen molar-refractivity contribution < 1.29 is 0 Å². The Hall–Kier alpha value is -3.89. The summed E-state index contributed by atoms with van der Waals surface area (Å²) in [5.74, 6) is 0. The third-order valence-corrected chi connectivity index (χ3v) is 9.19. The van der Waals surface area contributed by atoms with E-state index in [9.17, 15) is 0 Å². The summed E-state index contributed by atoms with van der Waals surface area (Å²) < 4.78 is 2.35. The number of hydrogen-bond donors (Lipinski definition) is 0. The standard InChI is InChI=1S/C35H22IN/c36-37-31-20-19-28-27-17-9-10-18-30(27)35(25-13-3-1-4-14-25,26-15-5-2-6-16-26)34(28)33(31)29-21-23-11-7-8-12-24(23)22-32(29)37/h1-22H. The van der Waals surface area contributed by atoms with E-state index in [0.29, 0.717) is 0 Å². The summed E-state index contributed by atoms with van der Waals surface area (Å²) in [7, 11) is 0. The van der Waals surface area contributed by atoms with Gasteiger partial charge in [0.2, 0.25) is 0 Å². The Morgan fingerprint density at radius 2 is 1.11 bits per heavy atom. The van der Waals surface area contributed by atoms with Gasteiger partial charge >= 0.3 is 0 Å². The summed E-state index contributed by atoms with van der Waals surface area (Å²) in [6, 6.07) is 49.2. The lowest BCUT2D eigenvalue weighted by molar-refractivity contribution is 0.776. The SMILES string of the molecule is In1c2cc3ccccc3cc2c2c3c(ccc21)-c1ccccc1C3(c1ccccc1)c1ccccc1. The van der Waals surface area contributed by atoms with Crippen molar-refractivity contribution in [2.75, 3.05) is 0 Å². The van der Waals surface area contributed by atoms with Crippen LogP contribution in [0.3, 0.4) is 0 Å². The molecule has 1 aromatic heterocycles. The highest BCUT2D eigenvalue weighted by Crippen LogP contribution is 2.59. The van der Waals surface area contributed by atoms with Gasteiger partial charge in [0.05, 0.1) is 39.3 Å². The largest absolute Gasteiger partial charge is 0.282 e. The molecule has 1 heterocycles. The molecule has 174 valence electrons. The van der Waals surface area contributed by atoms with Gasteiger partial charge < -0.3 is 0 Å². The Morgan fingerprint density at radius 3 is 1.81 bits per heavy atom. The molecule has 0 amide bonds. The molecular formula is C35H22IN. The van der Waals surface area contributed by atoms with Gasteiger partial charge in [-0.2, -0.15) is 0 Å². The van der Waals surface area contributed by atoms with Gasteiger partial charge in [-0.15, -0.1) is 0 Å². The van der Waals surface area contributed by atoms with E-state index in [1.54, 1.807) is 0 Å². The molecule has 6 aromatic carbocycles. The lowest BCUT2D eigenvalue weighted by atomic mass is 9.67. The molecule has 0 saturated heterocycles. The summed E-state index contributed by atoms with van der Waals surface area (Å²) in [4.78, 5) is 0. The number of aromatic nitrogens is 1. The second-order valence-corrected chi connectivity index (χ2v) is 10.9. The number of rotatable bonds is 2. The molecule has 1 aliphatic carbocycles. The molecular weight excluding hydrogens is 561 g/mol. The van der Waals surface area contributed by atoms with Gasteiger partial charge in [-0.05, 0) is 62.4 Å². The molecule has 8 rings (SSSR count). The zero-order valence-corrected chi connectivity index (χ0v) is 22.2. The molecule has 2 heteroatoms. The predicted octanol–water partition coefficient (Wildman–Crippen LogP) is 9.51. The smallest absolute Gasteiger partial charge is 0.0720 e. The fourth-order valence-corrected chi connectivity index (χ4v) is 7.49. The van der Waals surface area contributed by atoms with Crippen molar-refractivity contribution in [2.45, 2.75) is 5.41 Å². The molecule has 0 saturated carbocycles. The molecule has 0 atom stereocenters. The average molecular weight is 583 g/mol. The van der Waals surface area contributed by atoms with Crippen molar-refractivity contribution in [3.05, 3.63) is 156 Å². The van der Waals surface area contributed by atoms with Crippen LogP contribution in [0.2, 0.25) is 0 Å². The van der Waals surface area contributed by atoms with Crippen LogP contribution in [0.1, 0.15) is 22.3 Å². The third-order valence-electron chi connectivity index (χ3n) is 8.15. The first kappa shape index (κ1) is 21.2. The Labute approximate surface area is 229 Å². The molecule has 1 aliphatic rings. The van der Waals surface area contributed by atoms with Gasteiger partial charge in [0.1, 0.15) is 0 Å². The first-order chi connectivity index (χ1) is 18.3. The monoisotopic (exact) mass is 583 g/mol. The molecule has 0 aliphatic heterocycles. The molecule has 0 spiro atoms. The summed E-state index contributed by atoms with van der Waals surface area (Å²) in [5, 5.41) is 5.20. The van der Waals surface area contributed by atoms with Crippen LogP contribution in [0.25, 0.3) is 43.7 Å². The molecule has 37 heavy (non-hydrogen) atoms. The highest BCUT2D eigenvalue weighted by atomic mass is 127. The summed E-state index contributed by atoms with van der Waals surface area (Å²) >= 11 is 2.49. The van der Waals surface area contributed by atoms with E-state index in [2.05, 4.69) is 159 Å². The highest BCUT2D eigenvalue weighted by Gasteiger charge is 2.47. The molecule has 0 radical (unpaired) electrons. The highest BCUT2D eigenvalue weighted by molar-refractivity contribution is 14.1. The van der Waals surface area contributed by atoms with Crippen molar-refractivity contribution in [3.63, 3.8) is 0 Å². The number of fused-ring (bicyclic) bond motifs is 8. The summed E-state index contributed by atoms with van der Waals surface area (Å²) in [6.07, 6.45) is 0. The maximum atomic E-state index is 2.49. The maximum Gasteiger partial charge on any atom is 0.0720 e. The van der Waals surface area contributed by atoms with Crippen LogP contribution in [-0.2, 0) is 5.41 Å². The number of halogens is 1. The molecule has 0 fully saturated rings. The summed E-state index contributed by atoms with van der Waals surface area (Å²) in [5.41, 5.74) is 10.1. The van der Waals surface area contributed by atoms with E-state index < -0.39 is 5.41 Å². The number of benzene rings is 6. The minimum Gasteiger partial charge on any atom is -0.282 e. The van der Waals surface area contributed by atoms with E-state index >= 15 is 0 Å². The first-order valence-electron chi connectivity index (χ1n) is 12.7. The van der Waals surface area contributed by atoms with Crippen LogP contribution in [0, 0.1) is 0 Å². The lowest BCUT2D eigenvalue weighted by Crippen LogP contribution is -2.28. The van der Waals surface area contributed by atoms with E-state index in [1.165, 1.54) is 66.0 Å². The molecule has 1 nitrogen and oxygen atoms in total. The minimum absolute atomic E-state index is 0.412. The number of nitrogens with zero attached hydrogens (tertiary/aromatic N) is 1. The summed E-state index contributed by atoms with van der Waals surface area (Å²) in [6.45, 7) is 0. The Morgan fingerprint density at radius 1 is 0.514 bits per heavy atom. The first-order valence-corrected chi connectivity index (χ1v) is 13.6. The van der Waals surface area contributed by atoms with E-state index in [1.807, 2.05) is 0 Å². The van der Waals surface area contributed by atoms with Gasteiger partial charge in [0, 0.05) is 10.8 Å². The van der Waals surface area contributed by atoms with Crippen LogP contribution >= 0.6 is 22.9 Å². The van der Waals surface area contributed by atoms with Gasteiger partial charge in [-0.3, -0.25) is 2.78 Å². The van der Waals surface area contributed by atoms with E-state index in [0.717, 1.165) is 0 Å². The van der Waals surface area contributed by atoms with Crippen LogP contribution in [0.15, 0.2) is 133 Å². The Bertz CT molecular complexity index is 1940. The second kappa shape index (κ2) is 7.80. The molecule has 0 bridgehead atoms. The van der Waals surface area contributed by atoms with Gasteiger partial charge in [-0.1, -0.05) is 115 Å². The van der Waals surface area contributed by atoms with Gasteiger partial charge in [0.15, 0.2) is 0 Å². The quantitative estimate of drug-likeness (QED) is 0.179. The van der Waals surface area contributed by atoms with Crippen LogP contribution < -0.4 is 0 Å². The Kier molecular flexibility index (Phi) is 4.47. The van der Waals surface area contributed by atoms with Crippen molar-refractivity contribution >= 4 is 55.4 Å². The lowest BCUT2D eigenvalue weighted by Gasteiger charge is -2.34. The van der Waals surface area contributed by atoms with Crippen molar-refractivity contribution in [3.8, 4) is 11.1 Å². The zero-order valence-electron chi connectivity index (χ0n) is 20.0. The van der Waals surface area contributed by atoms with Gasteiger partial charge in [-0.25, -0.2) is 0 Å². The Balaban J connectivity index is 1.65. The molecule has 7 aromatic rings. The predicted molar refractivity (Wildman–Crippen MR) is 164 cm³/mol. The fourth-order valence-electron chi connectivity index (χ4n) is 6.68. The van der Waals surface area contributed by atoms with Gasteiger partial charge in [0.25, 0.3) is 0 Å². The maximum absolute atomic E-state index is 2.49. The fraction of sp³-hybridized carbons (Fsp3) is 0.0286. The molecule has 0 unspecified atom stereocenters. The van der Waals surface area contributed by atoms with E-state index in [-0.39, 0.29) is 0 Å². The number of hydrogen-bond acceptors (Lipinski definition) is 0. The van der Waals surface area contributed by atoms with Crippen LogP contribution in [0.5, 0.6) is 0 Å². The van der Waals surface area contributed by atoms with Crippen molar-refractivity contribution in [2.24, 2.45) is 0 Å². The van der Waals surface area contributed by atoms with Crippen LogP contribution in [0.4, 0.5) is 0 Å². The topological polar surface area (TPSA) is 4.93 Å². The second-order valence-electron chi connectivity index (χ2n) is 9.91.